The third kappa shape index (κ3) is 6.09. The summed E-state index contributed by atoms with van der Waals surface area (Å²) in [5.41, 5.74) is 14.4. The van der Waals surface area contributed by atoms with Crippen LogP contribution < -0.4 is 9.80 Å². The van der Waals surface area contributed by atoms with Crippen molar-refractivity contribution in [1.82, 2.24) is 0 Å². The van der Waals surface area contributed by atoms with E-state index in [0.29, 0.717) is 0 Å². The molecule has 0 radical (unpaired) electrons. The third-order valence-electron chi connectivity index (χ3n) is 10.6. The average Bonchev–Trinajstić information content (AvgIpc) is 3.44. The summed E-state index contributed by atoms with van der Waals surface area (Å²) in [6.45, 7) is 4.72. The number of hydrogen-bond acceptors (Lipinski definition) is 2. The second kappa shape index (κ2) is 13.5. The van der Waals surface area contributed by atoms with Gasteiger partial charge in [0, 0.05) is 39.5 Å². The molecule has 0 saturated heterocycles. The molecule has 2 heteroatoms. The normalized spacial score (nSPS) is 12.8. The second-order valence-electron chi connectivity index (χ2n) is 14.3. The van der Waals surface area contributed by atoms with Crippen LogP contribution in [0.3, 0.4) is 0 Å². The fourth-order valence-corrected chi connectivity index (χ4v) is 7.85. The minimum atomic E-state index is -0.144. The number of para-hydroxylation sites is 3. The molecular weight excluding hydrogens is 641 g/mol. The predicted octanol–water partition coefficient (Wildman–Crippen LogP) is 14.3. The molecule has 0 heterocycles. The summed E-state index contributed by atoms with van der Waals surface area (Å²) < 4.78 is 0. The Morgan fingerprint density at radius 2 is 0.755 bits per heavy atom. The zero-order valence-electron chi connectivity index (χ0n) is 30.0. The highest BCUT2D eigenvalue weighted by Crippen LogP contribution is 2.51. The van der Waals surface area contributed by atoms with Gasteiger partial charge in [-0.2, -0.15) is 0 Å². The quantitative estimate of drug-likeness (QED) is 0.147. The standard InChI is InChI=1S/C51H40N2/c1-51(2)49-34-38(26-32-47(49)48-33-31-46(36-50(48)51)52(41-16-6-3-7-17-41)42-18-8-4-9-19-42)23-22-37-24-28-44(29-25-37)53(43-20-10-5-11-21-43)45-30-27-39-14-12-13-15-40(39)35-45/h3-36H,1-2H3/b23-22+. The molecule has 0 atom stereocenters. The number of anilines is 6. The molecule has 0 amide bonds. The van der Waals surface area contributed by atoms with Gasteiger partial charge < -0.3 is 9.80 Å². The van der Waals surface area contributed by atoms with E-state index in [0.717, 1.165) is 39.7 Å². The lowest BCUT2D eigenvalue weighted by atomic mass is 9.81. The van der Waals surface area contributed by atoms with Gasteiger partial charge in [0.05, 0.1) is 0 Å². The lowest BCUT2D eigenvalue weighted by Crippen LogP contribution is -2.16. The Balaban J connectivity index is 0.998. The van der Waals surface area contributed by atoms with Gasteiger partial charge in [0.15, 0.2) is 0 Å². The molecule has 8 aromatic rings. The Bertz CT molecular complexity index is 2530. The van der Waals surface area contributed by atoms with Crippen molar-refractivity contribution < 1.29 is 0 Å². The first-order chi connectivity index (χ1) is 26.0. The molecule has 8 aromatic carbocycles. The summed E-state index contributed by atoms with van der Waals surface area (Å²) >= 11 is 0. The topological polar surface area (TPSA) is 6.48 Å². The zero-order valence-corrected chi connectivity index (χ0v) is 30.0. The van der Waals surface area contributed by atoms with Gasteiger partial charge in [0.2, 0.25) is 0 Å². The van der Waals surface area contributed by atoms with Crippen LogP contribution in [0.25, 0.3) is 34.1 Å². The first-order valence-corrected chi connectivity index (χ1v) is 18.3. The second-order valence-corrected chi connectivity index (χ2v) is 14.3. The lowest BCUT2D eigenvalue weighted by molar-refractivity contribution is 0.660. The van der Waals surface area contributed by atoms with E-state index >= 15 is 0 Å². The Morgan fingerprint density at radius 1 is 0.340 bits per heavy atom. The molecule has 0 saturated carbocycles. The number of hydrogen-bond donors (Lipinski definition) is 0. The number of nitrogens with zero attached hydrogens (tertiary/aromatic N) is 2. The van der Waals surface area contributed by atoms with Crippen molar-refractivity contribution in [3.05, 3.63) is 216 Å². The lowest BCUT2D eigenvalue weighted by Gasteiger charge is -2.28. The van der Waals surface area contributed by atoms with Crippen molar-refractivity contribution in [3.8, 4) is 11.1 Å². The molecule has 0 aliphatic heterocycles. The monoisotopic (exact) mass is 680 g/mol. The summed E-state index contributed by atoms with van der Waals surface area (Å²) in [4.78, 5) is 4.67. The molecule has 2 nitrogen and oxygen atoms in total. The molecule has 0 unspecified atom stereocenters. The van der Waals surface area contributed by atoms with Crippen LogP contribution in [0, 0.1) is 0 Å². The van der Waals surface area contributed by atoms with Crippen molar-refractivity contribution >= 4 is 57.0 Å². The van der Waals surface area contributed by atoms with Crippen LogP contribution in [0.15, 0.2) is 194 Å². The van der Waals surface area contributed by atoms with Crippen LogP contribution in [0.2, 0.25) is 0 Å². The van der Waals surface area contributed by atoms with E-state index in [1.807, 2.05) is 0 Å². The van der Waals surface area contributed by atoms with E-state index in [2.05, 4.69) is 230 Å². The van der Waals surface area contributed by atoms with Crippen molar-refractivity contribution in [3.63, 3.8) is 0 Å². The third-order valence-corrected chi connectivity index (χ3v) is 10.6. The van der Waals surface area contributed by atoms with Crippen molar-refractivity contribution in [1.29, 1.82) is 0 Å². The van der Waals surface area contributed by atoms with Crippen molar-refractivity contribution in [2.45, 2.75) is 19.3 Å². The van der Waals surface area contributed by atoms with Crippen LogP contribution in [-0.4, -0.2) is 0 Å². The van der Waals surface area contributed by atoms with E-state index < -0.39 is 0 Å². The Hall–Kier alpha value is -6.64. The SMILES string of the molecule is CC1(C)c2cc(/C=C/c3ccc(N(c4ccccc4)c4ccc5ccccc5c4)cc3)ccc2-c2ccc(N(c3ccccc3)c3ccccc3)cc21. The van der Waals surface area contributed by atoms with Gasteiger partial charge in [0.25, 0.3) is 0 Å². The molecule has 0 fully saturated rings. The van der Waals surface area contributed by atoms with E-state index in [1.54, 1.807) is 0 Å². The maximum Gasteiger partial charge on any atom is 0.0468 e. The van der Waals surface area contributed by atoms with E-state index in [4.69, 9.17) is 0 Å². The first kappa shape index (κ1) is 32.3. The van der Waals surface area contributed by atoms with Crippen molar-refractivity contribution in [2.24, 2.45) is 0 Å². The van der Waals surface area contributed by atoms with Crippen LogP contribution in [0.1, 0.15) is 36.1 Å². The highest BCUT2D eigenvalue weighted by Gasteiger charge is 2.36. The van der Waals surface area contributed by atoms with Crippen LogP contribution in [0.4, 0.5) is 34.1 Å². The molecule has 1 aliphatic rings. The van der Waals surface area contributed by atoms with Gasteiger partial charge in [-0.25, -0.2) is 0 Å². The molecule has 53 heavy (non-hydrogen) atoms. The summed E-state index contributed by atoms with van der Waals surface area (Å²) in [6.07, 6.45) is 4.46. The highest BCUT2D eigenvalue weighted by atomic mass is 15.1. The fourth-order valence-electron chi connectivity index (χ4n) is 7.85. The summed E-state index contributed by atoms with van der Waals surface area (Å²) in [7, 11) is 0. The Labute approximate surface area is 312 Å². The van der Waals surface area contributed by atoms with Crippen LogP contribution in [-0.2, 0) is 5.41 Å². The van der Waals surface area contributed by atoms with Crippen LogP contribution >= 0.6 is 0 Å². The molecule has 0 aromatic heterocycles. The van der Waals surface area contributed by atoms with E-state index in [9.17, 15) is 0 Å². The van der Waals surface area contributed by atoms with Gasteiger partial charge in [-0.05, 0) is 117 Å². The first-order valence-electron chi connectivity index (χ1n) is 18.3. The largest absolute Gasteiger partial charge is 0.310 e. The highest BCUT2D eigenvalue weighted by molar-refractivity contribution is 5.90. The van der Waals surface area contributed by atoms with Gasteiger partial charge >= 0.3 is 0 Å². The number of rotatable bonds is 8. The Morgan fingerprint density at radius 3 is 1.36 bits per heavy atom. The summed E-state index contributed by atoms with van der Waals surface area (Å²) in [5.74, 6) is 0. The maximum absolute atomic E-state index is 2.39. The summed E-state index contributed by atoms with van der Waals surface area (Å²) in [5, 5.41) is 2.47. The minimum Gasteiger partial charge on any atom is -0.310 e. The zero-order chi connectivity index (χ0) is 35.8. The van der Waals surface area contributed by atoms with E-state index in [-0.39, 0.29) is 5.41 Å². The minimum absolute atomic E-state index is 0.144. The maximum atomic E-state index is 2.39. The number of benzene rings is 8. The fraction of sp³-hybridized carbons (Fsp3) is 0.0588. The molecular formula is C51H40N2. The van der Waals surface area contributed by atoms with Gasteiger partial charge in [-0.15, -0.1) is 0 Å². The average molecular weight is 681 g/mol. The molecule has 254 valence electrons. The Kier molecular flexibility index (Phi) is 8.21. The van der Waals surface area contributed by atoms with Crippen LogP contribution in [0.5, 0.6) is 0 Å². The van der Waals surface area contributed by atoms with E-state index in [1.165, 1.54) is 38.6 Å². The molecule has 9 rings (SSSR count). The molecule has 0 spiro atoms. The molecule has 0 bridgehead atoms. The van der Waals surface area contributed by atoms with Gasteiger partial charge in [-0.1, -0.05) is 147 Å². The number of fused-ring (bicyclic) bond motifs is 4. The van der Waals surface area contributed by atoms with Crippen molar-refractivity contribution in [2.75, 3.05) is 9.80 Å². The molecule has 0 N–H and O–H groups in total. The van der Waals surface area contributed by atoms with Gasteiger partial charge in [-0.3, -0.25) is 0 Å². The smallest absolute Gasteiger partial charge is 0.0468 e. The summed E-state index contributed by atoms with van der Waals surface area (Å²) in [6, 6.07) is 69.8. The predicted molar refractivity (Wildman–Crippen MR) is 226 cm³/mol. The van der Waals surface area contributed by atoms with Gasteiger partial charge in [0.1, 0.15) is 0 Å². The molecule has 1 aliphatic carbocycles.